The normalized spacial score (nSPS) is 23.4. The van der Waals surface area contributed by atoms with E-state index >= 15 is 0 Å². The van der Waals surface area contributed by atoms with Crippen LogP contribution < -0.4 is 0 Å². The van der Waals surface area contributed by atoms with E-state index in [2.05, 4.69) is 22.4 Å². The molecule has 0 radical (unpaired) electrons. The van der Waals surface area contributed by atoms with Crippen LogP contribution in [0.3, 0.4) is 0 Å². The van der Waals surface area contributed by atoms with Crippen LogP contribution in [-0.4, -0.2) is 5.14 Å². The fourth-order valence-electron chi connectivity index (χ4n) is 1.87. The van der Waals surface area contributed by atoms with Gasteiger partial charge in [-0.15, -0.1) is 0 Å². The van der Waals surface area contributed by atoms with Crippen molar-refractivity contribution in [3.05, 3.63) is 0 Å². The molecule has 0 bridgehead atoms. The molecule has 0 aromatic rings. The van der Waals surface area contributed by atoms with Crippen LogP contribution in [0.15, 0.2) is 0 Å². The smallest absolute Gasteiger partial charge is 0.155 e. The van der Waals surface area contributed by atoms with Crippen molar-refractivity contribution in [2.45, 2.75) is 57.2 Å². The molecule has 1 aliphatic carbocycles. The minimum Gasteiger partial charge on any atom is -0.155 e. The molecule has 0 aliphatic heterocycles. The first kappa shape index (κ1) is 9.88. The van der Waals surface area contributed by atoms with Gasteiger partial charge in [0, 0.05) is 0 Å². The highest BCUT2D eigenvalue weighted by Crippen LogP contribution is 2.26. The van der Waals surface area contributed by atoms with E-state index in [1.165, 1.54) is 56.5 Å². The van der Waals surface area contributed by atoms with Crippen molar-refractivity contribution in [3.8, 4) is 0 Å². The average molecular weight is 264 g/mol. The predicted molar refractivity (Wildman–Crippen MR) is 61.9 cm³/mol. The number of rotatable bonds is 1. The lowest BCUT2D eigenvalue weighted by Gasteiger charge is -2.09. The molecule has 0 aromatic heterocycles. The zero-order valence-electron chi connectivity index (χ0n) is 7.32. The molecule has 0 unspecified atom stereocenters. The Balaban J connectivity index is 2.19. The molecular formula is C9H18BI. The average Bonchev–Trinajstić information content (AvgIpc) is 2.16. The van der Waals surface area contributed by atoms with Gasteiger partial charge >= 0.3 is 0 Å². The molecule has 1 fully saturated rings. The Bertz CT molecular complexity index is 85.6. The fraction of sp³-hybridized carbons (Fsp3) is 1.00. The molecule has 2 heteroatoms. The van der Waals surface area contributed by atoms with Gasteiger partial charge in [0.2, 0.25) is 5.14 Å². The second kappa shape index (κ2) is 6.33. The zero-order valence-corrected chi connectivity index (χ0v) is 9.48. The summed E-state index contributed by atoms with van der Waals surface area (Å²) in [5.74, 6) is 1.05. The summed E-state index contributed by atoms with van der Waals surface area (Å²) in [6.45, 7) is 0. The van der Waals surface area contributed by atoms with Gasteiger partial charge in [0.15, 0.2) is 0 Å². The van der Waals surface area contributed by atoms with E-state index in [-0.39, 0.29) is 0 Å². The Labute approximate surface area is 84.6 Å². The van der Waals surface area contributed by atoms with Gasteiger partial charge in [-0.2, -0.15) is 22.4 Å². The highest BCUT2D eigenvalue weighted by atomic mass is 127. The molecule has 0 aromatic carbocycles. The Morgan fingerprint density at radius 2 is 1.27 bits per heavy atom. The minimum absolute atomic E-state index is 1.05. The highest BCUT2D eigenvalue weighted by Gasteiger charge is 2.09. The molecule has 1 aliphatic rings. The van der Waals surface area contributed by atoms with E-state index in [4.69, 9.17) is 0 Å². The lowest BCUT2D eigenvalue weighted by atomic mass is 9.79. The third-order valence-corrected chi connectivity index (χ3v) is 3.94. The molecule has 0 heterocycles. The van der Waals surface area contributed by atoms with Crippen molar-refractivity contribution in [1.82, 2.24) is 0 Å². The second-order valence-electron chi connectivity index (χ2n) is 3.72. The van der Waals surface area contributed by atoms with Crippen LogP contribution in [0.2, 0.25) is 5.82 Å². The first-order chi connectivity index (χ1) is 5.43. The van der Waals surface area contributed by atoms with Crippen LogP contribution >= 0.6 is 22.4 Å². The van der Waals surface area contributed by atoms with Gasteiger partial charge in [-0.1, -0.05) is 57.2 Å². The molecule has 11 heavy (non-hydrogen) atoms. The van der Waals surface area contributed by atoms with Crippen molar-refractivity contribution in [1.29, 1.82) is 0 Å². The van der Waals surface area contributed by atoms with Crippen LogP contribution in [0.1, 0.15) is 51.4 Å². The van der Waals surface area contributed by atoms with Crippen LogP contribution in [0.4, 0.5) is 0 Å². The molecule has 0 saturated heterocycles. The molecule has 1 saturated carbocycles. The van der Waals surface area contributed by atoms with Crippen LogP contribution in [0, 0.1) is 0 Å². The highest BCUT2D eigenvalue weighted by molar-refractivity contribution is 14.1. The Kier molecular flexibility index (Phi) is 5.68. The molecular weight excluding hydrogens is 246 g/mol. The van der Waals surface area contributed by atoms with Gasteiger partial charge in [-0.25, -0.2) is 0 Å². The summed E-state index contributed by atoms with van der Waals surface area (Å²) in [6.07, 6.45) is 12.0. The molecule has 0 atom stereocenters. The summed E-state index contributed by atoms with van der Waals surface area (Å²) in [6, 6.07) is 0. The van der Waals surface area contributed by atoms with Gasteiger partial charge < -0.3 is 0 Å². The summed E-state index contributed by atoms with van der Waals surface area (Å²) >= 11 is 2.55. The first-order valence-electron chi connectivity index (χ1n) is 4.99. The topological polar surface area (TPSA) is 0 Å². The lowest BCUT2D eigenvalue weighted by Crippen LogP contribution is -1.96. The van der Waals surface area contributed by atoms with Gasteiger partial charge in [0.05, 0.1) is 0 Å². The van der Waals surface area contributed by atoms with Crippen LogP contribution in [0.5, 0.6) is 0 Å². The number of halogens is 1. The molecule has 0 spiro atoms. The van der Waals surface area contributed by atoms with Crippen molar-refractivity contribution in [3.63, 3.8) is 0 Å². The van der Waals surface area contributed by atoms with Gasteiger partial charge in [-0.05, 0) is 0 Å². The maximum atomic E-state index is 2.55. The zero-order chi connectivity index (χ0) is 7.94. The van der Waals surface area contributed by atoms with Crippen molar-refractivity contribution < 1.29 is 0 Å². The summed E-state index contributed by atoms with van der Waals surface area (Å²) in [5.41, 5.74) is 0. The fourth-order valence-corrected chi connectivity index (χ4v) is 2.75. The number of hydrogen-bond donors (Lipinski definition) is 0. The Morgan fingerprint density at radius 3 is 1.73 bits per heavy atom. The minimum atomic E-state index is 1.05. The second-order valence-corrected chi connectivity index (χ2v) is 4.60. The largest absolute Gasteiger partial charge is 0.203 e. The van der Waals surface area contributed by atoms with E-state index in [0.717, 1.165) is 5.82 Å². The third kappa shape index (κ3) is 4.39. The molecule has 0 N–H and O–H groups in total. The van der Waals surface area contributed by atoms with E-state index in [1.54, 1.807) is 0 Å². The SMILES string of the molecule is IBC1CCCCCCCC1. The van der Waals surface area contributed by atoms with Gasteiger partial charge in [0.1, 0.15) is 0 Å². The number of hydrogen-bond acceptors (Lipinski definition) is 0. The van der Waals surface area contributed by atoms with Gasteiger partial charge in [0.25, 0.3) is 0 Å². The van der Waals surface area contributed by atoms with Crippen molar-refractivity contribution in [2.75, 3.05) is 0 Å². The summed E-state index contributed by atoms with van der Waals surface area (Å²) in [5, 5.41) is 1.39. The maximum absolute atomic E-state index is 2.55. The maximum Gasteiger partial charge on any atom is 0.203 e. The van der Waals surface area contributed by atoms with Crippen molar-refractivity contribution >= 4 is 27.5 Å². The standard InChI is InChI=1S/C9H18BI/c11-10-9-7-5-3-1-2-4-6-8-9/h9-10H,1-8H2. The van der Waals surface area contributed by atoms with Crippen LogP contribution in [-0.2, 0) is 0 Å². The Hall–Kier alpha value is 0.795. The summed E-state index contributed by atoms with van der Waals surface area (Å²) in [7, 11) is 0. The quantitative estimate of drug-likeness (QED) is 0.500. The van der Waals surface area contributed by atoms with E-state index in [1.807, 2.05) is 0 Å². The van der Waals surface area contributed by atoms with E-state index in [9.17, 15) is 0 Å². The lowest BCUT2D eigenvalue weighted by molar-refractivity contribution is 0.623. The third-order valence-electron chi connectivity index (χ3n) is 2.69. The molecule has 0 nitrogen and oxygen atoms in total. The summed E-state index contributed by atoms with van der Waals surface area (Å²) < 4.78 is 0. The van der Waals surface area contributed by atoms with Crippen LogP contribution in [0.25, 0.3) is 0 Å². The van der Waals surface area contributed by atoms with E-state index in [0.29, 0.717) is 0 Å². The van der Waals surface area contributed by atoms with E-state index < -0.39 is 0 Å². The monoisotopic (exact) mass is 264 g/mol. The predicted octanol–water partition coefficient (Wildman–Crippen LogP) is 3.70. The Morgan fingerprint density at radius 1 is 0.818 bits per heavy atom. The first-order valence-corrected chi connectivity index (χ1v) is 6.52. The summed E-state index contributed by atoms with van der Waals surface area (Å²) in [4.78, 5) is 0. The molecule has 64 valence electrons. The molecule has 0 amide bonds. The van der Waals surface area contributed by atoms with Crippen molar-refractivity contribution in [2.24, 2.45) is 0 Å². The van der Waals surface area contributed by atoms with Gasteiger partial charge in [-0.3, -0.25) is 0 Å². The molecule has 1 rings (SSSR count).